The number of benzene rings is 3. The highest BCUT2D eigenvalue weighted by atomic mass is 35.5. The minimum atomic E-state index is -3.47. The molecule has 0 unspecified atom stereocenters. The van der Waals surface area contributed by atoms with E-state index in [1.807, 2.05) is 0 Å². The summed E-state index contributed by atoms with van der Waals surface area (Å²) in [6.45, 7) is 0. The summed E-state index contributed by atoms with van der Waals surface area (Å²) in [6, 6.07) is 13.6. The van der Waals surface area contributed by atoms with Crippen molar-refractivity contribution < 1.29 is 22.4 Å². The van der Waals surface area contributed by atoms with Gasteiger partial charge in [-0.05, 0) is 54.6 Å². The average molecular weight is 481 g/mol. The number of rotatable bonds is 5. The van der Waals surface area contributed by atoms with Gasteiger partial charge in [0.25, 0.3) is 11.8 Å². The number of halogens is 3. The van der Waals surface area contributed by atoms with E-state index >= 15 is 0 Å². The first kappa shape index (κ1) is 22.7. The van der Waals surface area contributed by atoms with Gasteiger partial charge < -0.3 is 10.6 Å². The van der Waals surface area contributed by atoms with Gasteiger partial charge in [-0.1, -0.05) is 29.3 Å². The van der Waals surface area contributed by atoms with Gasteiger partial charge in [0.05, 0.1) is 21.2 Å². The van der Waals surface area contributed by atoms with Crippen molar-refractivity contribution in [1.82, 2.24) is 0 Å². The van der Waals surface area contributed by atoms with Crippen LogP contribution in [0.5, 0.6) is 0 Å². The fourth-order valence-electron chi connectivity index (χ4n) is 2.63. The number of hydrogen-bond donors (Lipinski definition) is 2. The van der Waals surface area contributed by atoms with Crippen LogP contribution in [-0.2, 0) is 9.84 Å². The van der Waals surface area contributed by atoms with Crippen LogP contribution in [0, 0.1) is 5.82 Å². The van der Waals surface area contributed by atoms with Crippen molar-refractivity contribution in [1.29, 1.82) is 0 Å². The molecule has 0 aliphatic rings. The molecule has 0 radical (unpaired) electrons. The molecule has 31 heavy (non-hydrogen) atoms. The molecule has 2 amide bonds. The van der Waals surface area contributed by atoms with E-state index < -0.39 is 27.5 Å². The lowest BCUT2D eigenvalue weighted by molar-refractivity contribution is 0.101. The van der Waals surface area contributed by atoms with Crippen molar-refractivity contribution in [3.05, 3.63) is 87.7 Å². The minimum absolute atomic E-state index is 0.0127. The Morgan fingerprint density at radius 3 is 2.29 bits per heavy atom. The predicted molar refractivity (Wildman–Crippen MR) is 118 cm³/mol. The fourth-order valence-corrected chi connectivity index (χ4v) is 3.68. The molecule has 3 aromatic rings. The summed E-state index contributed by atoms with van der Waals surface area (Å²) >= 11 is 11.9. The molecule has 0 aliphatic heterocycles. The highest BCUT2D eigenvalue weighted by molar-refractivity contribution is 7.90. The number of hydrogen-bond acceptors (Lipinski definition) is 4. The van der Waals surface area contributed by atoms with E-state index in [1.54, 1.807) is 0 Å². The fraction of sp³-hybridized carbons (Fsp3) is 0.0476. The summed E-state index contributed by atoms with van der Waals surface area (Å²) < 4.78 is 37.2. The van der Waals surface area contributed by atoms with Gasteiger partial charge in [0.1, 0.15) is 5.82 Å². The summed E-state index contributed by atoms with van der Waals surface area (Å²) in [5.41, 5.74) is 0.465. The maximum atomic E-state index is 13.9. The van der Waals surface area contributed by atoms with Gasteiger partial charge in [-0.2, -0.15) is 0 Å². The number of carbonyl (C=O) groups is 2. The second-order valence-corrected chi connectivity index (χ2v) is 9.39. The van der Waals surface area contributed by atoms with Crippen LogP contribution in [0.25, 0.3) is 0 Å². The molecule has 10 heteroatoms. The number of carbonyl (C=O) groups excluding carboxylic acids is 2. The molecule has 0 bridgehead atoms. The van der Waals surface area contributed by atoms with E-state index in [4.69, 9.17) is 23.2 Å². The first-order chi connectivity index (χ1) is 14.5. The zero-order valence-corrected chi connectivity index (χ0v) is 18.3. The lowest BCUT2D eigenvalue weighted by atomic mass is 10.2. The van der Waals surface area contributed by atoms with E-state index in [1.165, 1.54) is 54.6 Å². The van der Waals surface area contributed by atoms with E-state index in [0.717, 1.165) is 12.3 Å². The molecule has 0 heterocycles. The molecular formula is C21H15Cl2FN2O4S. The lowest BCUT2D eigenvalue weighted by Gasteiger charge is -2.11. The molecule has 6 nitrogen and oxygen atoms in total. The Bertz CT molecular complexity index is 1300. The maximum absolute atomic E-state index is 13.9. The SMILES string of the molecule is CS(=O)(=O)c1cccc(C(=O)Nc2ccc(NC(=O)c3ccc(Cl)cc3F)cc2Cl)c1. The second-order valence-electron chi connectivity index (χ2n) is 6.53. The number of amides is 2. The molecule has 2 N–H and O–H groups in total. The second kappa shape index (κ2) is 9.05. The predicted octanol–water partition coefficient (Wildman–Crippen LogP) is 5.04. The number of anilines is 2. The molecule has 0 spiro atoms. The molecule has 0 saturated heterocycles. The number of nitrogens with one attached hydrogen (secondary N) is 2. The van der Waals surface area contributed by atoms with E-state index in [-0.39, 0.29) is 37.4 Å². The first-order valence-electron chi connectivity index (χ1n) is 8.72. The molecule has 3 rings (SSSR count). The molecule has 0 aliphatic carbocycles. The third-order valence-electron chi connectivity index (χ3n) is 4.18. The van der Waals surface area contributed by atoms with Crippen molar-refractivity contribution in [3.63, 3.8) is 0 Å². The molecule has 160 valence electrons. The quantitative estimate of drug-likeness (QED) is 0.534. The monoisotopic (exact) mass is 480 g/mol. The van der Waals surface area contributed by atoms with Gasteiger partial charge >= 0.3 is 0 Å². The highest BCUT2D eigenvalue weighted by Crippen LogP contribution is 2.27. The Kier molecular flexibility index (Phi) is 6.64. The van der Waals surface area contributed by atoms with Gasteiger partial charge in [-0.3, -0.25) is 9.59 Å². The molecule has 0 fully saturated rings. The van der Waals surface area contributed by atoms with Crippen LogP contribution in [0.1, 0.15) is 20.7 Å². The van der Waals surface area contributed by atoms with Crippen LogP contribution >= 0.6 is 23.2 Å². The van der Waals surface area contributed by atoms with Crippen LogP contribution in [-0.4, -0.2) is 26.5 Å². The van der Waals surface area contributed by atoms with E-state index in [9.17, 15) is 22.4 Å². The third kappa shape index (κ3) is 5.61. The van der Waals surface area contributed by atoms with Crippen molar-refractivity contribution in [2.24, 2.45) is 0 Å². The van der Waals surface area contributed by atoms with Crippen LogP contribution in [0.4, 0.5) is 15.8 Å². The largest absolute Gasteiger partial charge is 0.322 e. The highest BCUT2D eigenvalue weighted by Gasteiger charge is 2.15. The Morgan fingerprint density at radius 1 is 0.903 bits per heavy atom. The number of sulfone groups is 1. The average Bonchev–Trinajstić information content (AvgIpc) is 2.69. The van der Waals surface area contributed by atoms with Crippen molar-refractivity contribution in [2.45, 2.75) is 4.90 Å². The van der Waals surface area contributed by atoms with Gasteiger partial charge in [0.15, 0.2) is 9.84 Å². The summed E-state index contributed by atoms with van der Waals surface area (Å²) in [7, 11) is -3.47. The Balaban J connectivity index is 1.75. The molecular weight excluding hydrogens is 466 g/mol. The third-order valence-corrected chi connectivity index (χ3v) is 5.83. The first-order valence-corrected chi connectivity index (χ1v) is 11.4. The Hall–Kier alpha value is -2.94. The van der Waals surface area contributed by atoms with Crippen LogP contribution in [0.3, 0.4) is 0 Å². The summed E-state index contributed by atoms with van der Waals surface area (Å²) in [5.74, 6) is -2.02. The van der Waals surface area contributed by atoms with Crippen LogP contribution in [0.15, 0.2) is 65.6 Å². The van der Waals surface area contributed by atoms with E-state index in [2.05, 4.69) is 10.6 Å². The Labute approximate surface area is 187 Å². The minimum Gasteiger partial charge on any atom is -0.322 e. The molecule has 0 atom stereocenters. The topological polar surface area (TPSA) is 92.3 Å². The smallest absolute Gasteiger partial charge is 0.258 e. The maximum Gasteiger partial charge on any atom is 0.258 e. The standard InChI is InChI=1S/C21H15Cl2FN2O4S/c1-31(29,30)15-4-2-3-12(9-15)20(27)26-19-8-6-14(11-17(19)23)25-21(28)16-7-5-13(22)10-18(16)24/h2-11H,1H3,(H,25,28)(H,26,27). The van der Waals surface area contributed by atoms with Gasteiger partial charge in [0.2, 0.25) is 0 Å². The summed E-state index contributed by atoms with van der Waals surface area (Å²) in [4.78, 5) is 24.7. The summed E-state index contributed by atoms with van der Waals surface area (Å²) in [6.07, 6.45) is 1.05. The van der Waals surface area contributed by atoms with Crippen LogP contribution in [0.2, 0.25) is 10.0 Å². The zero-order valence-electron chi connectivity index (χ0n) is 15.9. The normalized spacial score (nSPS) is 11.1. The van der Waals surface area contributed by atoms with Gasteiger partial charge in [0, 0.05) is 22.5 Å². The lowest BCUT2D eigenvalue weighted by Crippen LogP contribution is -2.15. The van der Waals surface area contributed by atoms with Crippen molar-refractivity contribution in [2.75, 3.05) is 16.9 Å². The molecule has 0 saturated carbocycles. The molecule has 3 aromatic carbocycles. The van der Waals surface area contributed by atoms with Crippen molar-refractivity contribution in [3.8, 4) is 0 Å². The molecule has 0 aromatic heterocycles. The van der Waals surface area contributed by atoms with Gasteiger partial charge in [-0.15, -0.1) is 0 Å². The van der Waals surface area contributed by atoms with Gasteiger partial charge in [-0.25, -0.2) is 12.8 Å². The zero-order chi connectivity index (χ0) is 22.8. The van der Waals surface area contributed by atoms with E-state index in [0.29, 0.717) is 0 Å². The van der Waals surface area contributed by atoms with Crippen LogP contribution < -0.4 is 10.6 Å². The van der Waals surface area contributed by atoms with Crippen molar-refractivity contribution >= 4 is 56.2 Å². The summed E-state index contributed by atoms with van der Waals surface area (Å²) in [5, 5.41) is 5.37. The Morgan fingerprint density at radius 2 is 1.65 bits per heavy atom.